The minimum Gasteiger partial charge on any atom is -0.258 e. The molecule has 0 aliphatic carbocycles. The smallest absolute Gasteiger partial charge is 0.258 e. The van der Waals surface area contributed by atoms with Crippen LogP contribution in [-0.2, 0) is 0 Å². The zero-order valence-electron chi connectivity index (χ0n) is 10.4. The van der Waals surface area contributed by atoms with Crippen LogP contribution in [0.1, 0.15) is 11.1 Å². The van der Waals surface area contributed by atoms with Gasteiger partial charge in [0, 0.05) is 17.7 Å². The first kappa shape index (κ1) is 14.7. The third-order valence-electron chi connectivity index (χ3n) is 2.57. The molecule has 104 valence electrons. The van der Waals surface area contributed by atoms with Gasteiger partial charge in [0.1, 0.15) is 10.0 Å². The van der Waals surface area contributed by atoms with Crippen LogP contribution in [0.3, 0.4) is 0 Å². The van der Waals surface area contributed by atoms with E-state index in [0.717, 1.165) is 12.1 Å². The van der Waals surface area contributed by atoms with Crippen LogP contribution in [0.2, 0.25) is 0 Å². The molecule has 6 nitrogen and oxygen atoms in total. The highest BCUT2D eigenvalue weighted by Gasteiger charge is 2.21. The van der Waals surface area contributed by atoms with Crippen LogP contribution in [0.25, 0.3) is 0 Å². The van der Waals surface area contributed by atoms with Crippen LogP contribution < -0.4 is 0 Å². The van der Waals surface area contributed by atoms with E-state index in [-0.39, 0.29) is 21.4 Å². The Labute approximate surface area is 127 Å². The summed E-state index contributed by atoms with van der Waals surface area (Å²) in [6, 6.07) is 11.0. The van der Waals surface area contributed by atoms with Crippen LogP contribution in [0.5, 0.6) is 0 Å². The molecule has 2 aromatic carbocycles. The van der Waals surface area contributed by atoms with Gasteiger partial charge in [-0.3, -0.25) is 20.2 Å². The van der Waals surface area contributed by atoms with Gasteiger partial charge in [0.2, 0.25) is 0 Å². The zero-order valence-corrected chi connectivity index (χ0v) is 12.0. The van der Waals surface area contributed by atoms with Crippen molar-refractivity contribution in [3.8, 4) is 11.8 Å². The molecule has 0 bridgehead atoms. The van der Waals surface area contributed by atoms with Gasteiger partial charge in [-0.05, 0) is 28.1 Å². The van der Waals surface area contributed by atoms with Gasteiger partial charge in [-0.1, -0.05) is 30.0 Å². The highest BCUT2D eigenvalue weighted by molar-refractivity contribution is 9.10. The first-order valence-electron chi connectivity index (χ1n) is 5.68. The fraction of sp³-hybridized carbons (Fsp3) is 0. The van der Waals surface area contributed by atoms with Gasteiger partial charge >= 0.3 is 0 Å². The second kappa shape index (κ2) is 6.15. The number of halogens is 1. The Morgan fingerprint density at radius 3 is 2.10 bits per heavy atom. The number of hydrogen-bond acceptors (Lipinski definition) is 4. The fourth-order valence-electron chi connectivity index (χ4n) is 1.60. The average molecular weight is 347 g/mol. The Bertz CT molecular complexity index is 779. The third-order valence-corrected chi connectivity index (χ3v) is 3.21. The second-order valence-electron chi connectivity index (χ2n) is 3.95. The van der Waals surface area contributed by atoms with Crippen molar-refractivity contribution >= 4 is 27.3 Å². The minimum atomic E-state index is -0.624. The van der Waals surface area contributed by atoms with Crippen LogP contribution in [0, 0.1) is 32.1 Å². The maximum absolute atomic E-state index is 11.0. The van der Waals surface area contributed by atoms with Crippen molar-refractivity contribution in [3.63, 3.8) is 0 Å². The van der Waals surface area contributed by atoms with Gasteiger partial charge in [-0.2, -0.15) is 0 Å². The van der Waals surface area contributed by atoms with Crippen molar-refractivity contribution in [1.29, 1.82) is 0 Å². The lowest BCUT2D eigenvalue weighted by Gasteiger charge is -1.99. The summed E-state index contributed by atoms with van der Waals surface area (Å²) in [6.45, 7) is 0. The van der Waals surface area contributed by atoms with Crippen LogP contribution in [0.15, 0.2) is 46.9 Å². The normalized spacial score (nSPS) is 9.57. The molecule has 0 aliphatic heterocycles. The number of nitro groups is 2. The molecular formula is C14H7BrN2O4. The third kappa shape index (κ3) is 3.43. The number of nitrogens with zero attached hydrogens (tertiary/aromatic N) is 2. The number of benzene rings is 2. The van der Waals surface area contributed by atoms with Crippen molar-refractivity contribution in [1.82, 2.24) is 0 Å². The summed E-state index contributed by atoms with van der Waals surface area (Å²) in [5.41, 5.74) is 0.116. The molecule has 21 heavy (non-hydrogen) atoms. The van der Waals surface area contributed by atoms with E-state index in [1.165, 1.54) is 0 Å². The average Bonchev–Trinajstić information content (AvgIpc) is 2.46. The second-order valence-corrected chi connectivity index (χ2v) is 4.81. The molecule has 0 aromatic heterocycles. The van der Waals surface area contributed by atoms with Crippen molar-refractivity contribution in [2.45, 2.75) is 0 Å². The summed E-state index contributed by atoms with van der Waals surface area (Å²) in [6.07, 6.45) is 0. The minimum absolute atomic E-state index is 0.00115. The van der Waals surface area contributed by atoms with Crippen molar-refractivity contribution in [2.24, 2.45) is 0 Å². The Morgan fingerprint density at radius 1 is 0.905 bits per heavy atom. The maximum Gasteiger partial charge on any atom is 0.286 e. The van der Waals surface area contributed by atoms with E-state index in [2.05, 4.69) is 27.8 Å². The molecule has 7 heteroatoms. The topological polar surface area (TPSA) is 86.3 Å². The SMILES string of the molecule is O=[N+]([O-])c1cc(C#Cc2ccccc2)c([N+](=O)[O-])cc1Br. The highest BCUT2D eigenvalue weighted by atomic mass is 79.9. The highest BCUT2D eigenvalue weighted by Crippen LogP contribution is 2.32. The molecule has 0 atom stereocenters. The molecule has 0 fully saturated rings. The van der Waals surface area contributed by atoms with E-state index in [1.807, 2.05) is 6.07 Å². The molecule has 0 saturated heterocycles. The molecule has 0 amide bonds. The predicted molar refractivity (Wildman–Crippen MR) is 79.9 cm³/mol. The molecule has 2 aromatic rings. The summed E-state index contributed by atoms with van der Waals surface area (Å²) in [5.74, 6) is 5.37. The molecule has 0 aliphatic rings. The molecular weight excluding hydrogens is 340 g/mol. The number of rotatable bonds is 2. The van der Waals surface area contributed by atoms with Gasteiger partial charge in [-0.25, -0.2) is 0 Å². The first-order chi connectivity index (χ1) is 9.99. The number of nitro benzene ring substituents is 2. The summed E-state index contributed by atoms with van der Waals surface area (Å²) in [4.78, 5) is 20.7. The molecule has 0 unspecified atom stereocenters. The monoisotopic (exact) mass is 346 g/mol. The largest absolute Gasteiger partial charge is 0.286 e. The molecule has 0 saturated carbocycles. The first-order valence-corrected chi connectivity index (χ1v) is 6.47. The van der Waals surface area contributed by atoms with Crippen LogP contribution in [0.4, 0.5) is 11.4 Å². The van der Waals surface area contributed by atoms with E-state index < -0.39 is 9.85 Å². The predicted octanol–water partition coefficient (Wildman–Crippen LogP) is 3.67. The van der Waals surface area contributed by atoms with E-state index in [1.54, 1.807) is 24.3 Å². The summed E-state index contributed by atoms with van der Waals surface area (Å²) < 4.78 is 0.0458. The molecule has 0 spiro atoms. The van der Waals surface area contributed by atoms with Gasteiger partial charge in [0.05, 0.1) is 9.85 Å². The van der Waals surface area contributed by atoms with Crippen LogP contribution in [-0.4, -0.2) is 9.85 Å². The van der Waals surface area contributed by atoms with Crippen molar-refractivity contribution < 1.29 is 9.85 Å². The lowest BCUT2D eigenvalue weighted by atomic mass is 10.1. The van der Waals surface area contributed by atoms with Crippen molar-refractivity contribution in [2.75, 3.05) is 0 Å². The summed E-state index contributed by atoms with van der Waals surface area (Å²) in [7, 11) is 0. The Morgan fingerprint density at radius 2 is 1.52 bits per heavy atom. The van der Waals surface area contributed by atoms with E-state index >= 15 is 0 Å². The Hall–Kier alpha value is -2.72. The lowest BCUT2D eigenvalue weighted by Crippen LogP contribution is -1.96. The molecule has 2 rings (SSSR count). The fourth-order valence-corrected chi connectivity index (χ4v) is 2.08. The van der Waals surface area contributed by atoms with Gasteiger partial charge in [-0.15, -0.1) is 0 Å². The summed E-state index contributed by atoms with van der Waals surface area (Å²) >= 11 is 2.95. The lowest BCUT2D eigenvalue weighted by molar-refractivity contribution is -0.390. The molecule has 0 heterocycles. The van der Waals surface area contributed by atoms with Gasteiger partial charge in [0.25, 0.3) is 11.4 Å². The Balaban J connectivity index is 2.56. The summed E-state index contributed by atoms with van der Waals surface area (Å²) in [5, 5.41) is 21.9. The van der Waals surface area contributed by atoms with E-state index in [9.17, 15) is 20.2 Å². The maximum atomic E-state index is 11.0. The van der Waals surface area contributed by atoms with Crippen molar-refractivity contribution in [3.05, 3.63) is 78.3 Å². The van der Waals surface area contributed by atoms with Gasteiger partial charge < -0.3 is 0 Å². The van der Waals surface area contributed by atoms with Crippen LogP contribution >= 0.6 is 15.9 Å². The quantitative estimate of drug-likeness (QED) is 0.471. The zero-order chi connectivity index (χ0) is 15.4. The Kier molecular flexibility index (Phi) is 4.30. The van der Waals surface area contributed by atoms with E-state index in [0.29, 0.717) is 5.56 Å². The standard InChI is InChI=1S/C14H7BrN2O4/c15-12-9-13(16(18)19)11(8-14(12)17(20)21)7-6-10-4-2-1-3-5-10/h1-5,8-9H. The van der Waals surface area contributed by atoms with Gasteiger partial charge in [0.15, 0.2) is 0 Å². The van der Waals surface area contributed by atoms with E-state index in [4.69, 9.17) is 0 Å². The molecule has 0 N–H and O–H groups in total. The number of hydrogen-bond donors (Lipinski definition) is 0. The molecule has 0 radical (unpaired) electrons.